The van der Waals surface area contributed by atoms with Gasteiger partial charge in [0.15, 0.2) is 11.7 Å². The monoisotopic (exact) mass is 334 g/mol. The predicted octanol–water partition coefficient (Wildman–Crippen LogP) is 3.01. The van der Waals surface area contributed by atoms with Crippen LogP contribution in [0.2, 0.25) is 0 Å². The van der Waals surface area contributed by atoms with Gasteiger partial charge in [0, 0.05) is 38.5 Å². The average Bonchev–Trinajstić information content (AvgIpc) is 2.92. The molecule has 1 aliphatic rings. The van der Waals surface area contributed by atoms with Gasteiger partial charge in [-0.3, -0.25) is 4.99 Å². The number of halogens is 3. The fourth-order valence-corrected chi connectivity index (χ4v) is 3.36. The SMILES string of the molecule is CN=C(NCCc1nc(C(F)(F)F)cs1)N1CCCC(C)C1. The van der Waals surface area contributed by atoms with E-state index in [9.17, 15) is 13.2 Å². The zero-order valence-corrected chi connectivity index (χ0v) is 13.6. The van der Waals surface area contributed by atoms with E-state index >= 15 is 0 Å². The van der Waals surface area contributed by atoms with Crippen LogP contribution in [0.5, 0.6) is 0 Å². The second-order valence-electron chi connectivity index (χ2n) is 5.54. The zero-order valence-electron chi connectivity index (χ0n) is 12.8. The molecule has 0 bridgehead atoms. The Hall–Kier alpha value is -1.31. The van der Waals surface area contributed by atoms with Gasteiger partial charge in [0.2, 0.25) is 0 Å². The first-order valence-corrected chi connectivity index (χ1v) is 8.25. The number of rotatable bonds is 3. The van der Waals surface area contributed by atoms with E-state index in [1.807, 2.05) is 0 Å². The van der Waals surface area contributed by atoms with Crippen LogP contribution in [0.3, 0.4) is 0 Å². The second kappa shape index (κ2) is 7.30. The third-order valence-electron chi connectivity index (χ3n) is 3.63. The molecule has 1 fully saturated rings. The normalized spacial score (nSPS) is 20.3. The van der Waals surface area contributed by atoms with Gasteiger partial charge in [0.25, 0.3) is 0 Å². The molecule has 8 heteroatoms. The quantitative estimate of drug-likeness (QED) is 0.682. The summed E-state index contributed by atoms with van der Waals surface area (Å²) in [6, 6.07) is 0. The molecule has 0 aromatic carbocycles. The molecule has 0 aliphatic carbocycles. The number of aliphatic imine (C=N–C) groups is 1. The summed E-state index contributed by atoms with van der Waals surface area (Å²) in [6.45, 7) is 4.69. The summed E-state index contributed by atoms with van der Waals surface area (Å²) in [7, 11) is 1.73. The summed E-state index contributed by atoms with van der Waals surface area (Å²) < 4.78 is 37.5. The van der Waals surface area contributed by atoms with Crippen LogP contribution in [0.4, 0.5) is 13.2 Å². The maximum atomic E-state index is 12.5. The molecule has 22 heavy (non-hydrogen) atoms. The molecule has 1 saturated heterocycles. The van der Waals surface area contributed by atoms with Gasteiger partial charge in [-0.25, -0.2) is 4.98 Å². The predicted molar refractivity (Wildman–Crippen MR) is 82.2 cm³/mol. The summed E-state index contributed by atoms with van der Waals surface area (Å²) in [5, 5.41) is 4.77. The van der Waals surface area contributed by atoms with E-state index in [1.54, 1.807) is 7.05 Å². The van der Waals surface area contributed by atoms with Gasteiger partial charge in [0.05, 0.1) is 5.01 Å². The van der Waals surface area contributed by atoms with Crippen LogP contribution >= 0.6 is 11.3 Å². The molecule has 1 aromatic rings. The van der Waals surface area contributed by atoms with Crippen molar-refractivity contribution < 1.29 is 13.2 Å². The van der Waals surface area contributed by atoms with E-state index in [1.165, 1.54) is 6.42 Å². The lowest BCUT2D eigenvalue weighted by Gasteiger charge is -2.33. The largest absolute Gasteiger partial charge is 0.434 e. The Morgan fingerprint density at radius 1 is 1.55 bits per heavy atom. The first kappa shape index (κ1) is 17.1. The molecular weight excluding hydrogens is 313 g/mol. The van der Waals surface area contributed by atoms with Gasteiger partial charge in [-0.2, -0.15) is 13.2 Å². The number of thiazole rings is 1. The highest BCUT2D eigenvalue weighted by molar-refractivity contribution is 7.09. The van der Waals surface area contributed by atoms with E-state index in [0.717, 1.165) is 42.2 Å². The van der Waals surface area contributed by atoms with Crippen molar-refractivity contribution in [2.75, 3.05) is 26.7 Å². The molecule has 1 N–H and O–H groups in total. The Bertz CT molecular complexity index is 512. The Morgan fingerprint density at radius 3 is 2.91 bits per heavy atom. The fraction of sp³-hybridized carbons (Fsp3) is 0.714. The third-order valence-corrected chi connectivity index (χ3v) is 4.54. The van der Waals surface area contributed by atoms with Crippen LogP contribution in [0.15, 0.2) is 10.4 Å². The molecule has 2 heterocycles. The van der Waals surface area contributed by atoms with E-state index in [0.29, 0.717) is 23.9 Å². The smallest absolute Gasteiger partial charge is 0.356 e. The van der Waals surface area contributed by atoms with Gasteiger partial charge in [0.1, 0.15) is 0 Å². The van der Waals surface area contributed by atoms with E-state index in [4.69, 9.17) is 0 Å². The maximum Gasteiger partial charge on any atom is 0.434 e. The standard InChI is InChI=1S/C14H21F3N4S/c1-10-4-3-7-21(8-10)13(18-2)19-6-5-12-20-11(9-22-12)14(15,16)17/h9-10H,3-8H2,1-2H3,(H,18,19). The average molecular weight is 334 g/mol. The second-order valence-corrected chi connectivity index (χ2v) is 6.48. The maximum absolute atomic E-state index is 12.5. The molecule has 0 amide bonds. The Kier molecular flexibility index (Phi) is 5.66. The molecular formula is C14H21F3N4S. The third kappa shape index (κ3) is 4.59. The highest BCUT2D eigenvalue weighted by Gasteiger charge is 2.33. The Labute approximate surface area is 132 Å². The molecule has 1 atom stereocenters. The topological polar surface area (TPSA) is 40.5 Å². The van der Waals surface area contributed by atoms with E-state index < -0.39 is 11.9 Å². The minimum Gasteiger partial charge on any atom is -0.356 e. The Morgan fingerprint density at radius 2 is 2.32 bits per heavy atom. The van der Waals surface area contributed by atoms with Crippen LogP contribution < -0.4 is 5.32 Å². The number of aromatic nitrogens is 1. The van der Waals surface area contributed by atoms with Gasteiger partial charge in [-0.1, -0.05) is 6.92 Å². The number of hydrogen-bond donors (Lipinski definition) is 1. The summed E-state index contributed by atoms with van der Waals surface area (Å²) in [5.74, 6) is 1.46. The number of hydrogen-bond acceptors (Lipinski definition) is 3. The number of nitrogens with zero attached hydrogens (tertiary/aromatic N) is 3. The molecule has 124 valence electrons. The van der Waals surface area contributed by atoms with Gasteiger partial charge >= 0.3 is 6.18 Å². The van der Waals surface area contributed by atoms with Crippen LogP contribution in [-0.4, -0.2) is 42.5 Å². The van der Waals surface area contributed by atoms with Crippen LogP contribution in [0.25, 0.3) is 0 Å². The van der Waals surface area contributed by atoms with Crippen molar-refractivity contribution in [3.63, 3.8) is 0 Å². The number of piperidine rings is 1. The number of alkyl halides is 3. The van der Waals surface area contributed by atoms with Gasteiger partial charge < -0.3 is 10.2 Å². The Balaban J connectivity index is 1.83. The van der Waals surface area contributed by atoms with Crippen molar-refractivity contribution in [2.45, 2.75) is 32.4 Å². The van der Waals surface area contributed by atoms with Crippen molar-refractivity contribution >= 4 is 17.3 Å². The lowest BCUT2D eigenvalue weighted by atomic mass is 10.0. The molecule has 4 nitrogen and oxygen atoms in total. The summed E-state index contributed by atoms with van der Waals surface area (Å²) in [4.78, 5) is 10.1. The highest BCUT2D eigenvalue weighted by Crippen LogP contribution is 2.30. The summed E-state index contributed by atoms with van der Waals surface area (Å²) >= 11 is 1.05. The van der Waals surface area contributed by atoms with Crippen molar-refractivity contribution in [3.05, 3.63) is 16.1 Å². The van der Waals surface area contributed by atoms with Crippen LogP contribution in [-0.2, 0) is 12.6 Å². The lowest BCUT2D eigenvalue weighted by Crippen LogP contribution is -2.46. The minimum absolute atomic E-state index is 0.461. The summed E-state index contributed by atoms with van der Waals surface area (Å²) in [6.07, 6.45) is -1.53. The molecule has 1 unspecified atom stereocenters. The van der Waals surface area contributed by atoms with Crippen LogP contribution in [0.1, 0.15) is 30.5 Å². The highest BCUT2D eigenvalue weighted by atomic mass is 32.1. The van der Waals surface area contributed by atoms with E-state index in [-0.39, 0.29) is 0 Å². The number of guanidine groups is 1. The number of nitrogens with one attached hydrogen (secondary N) is 1. The fourth-order valence-electron chi connectivity index (χ4n) is 2.55. The number of likely N-dealkylation sites (tertiary alicyclic amines) is 1. The minimum atomic E-state index is -4.36. The first-order valence-electron chi connectivity index (χ1n) is 7.37. The molecule has 1 aliphatic heterocycles. The molecule has 2 rings (SSSR count). The lowest BCUT2D eigenvalue weighted by molar-refractivity contribution is -0.140. The summed E-state index contributed by atoms with van der Waals surface area (Å²) in [5.41, 5.74) is -0.804. The van der Waals surface area contributed by atoms with Crippen molar-refractivity contribution in [3.8, 4) is 0 Å². The van der Waals surface area contributed by atoms with Crippen molar-refractivity contribution in [1.29, 1.82) is 0 Å². The van der Waals surface area contributed by atoms with Gasteiger partial charge in [-0.15, -0.1) is 11.3 Å². The van der Waals surface area contributed by atoms with Crippen molar-refractivity contribution in [2.24, 2.45) is 10.9 Å². The zero-order chi connectivity index (χ0) is 16.2. The molecule has 0 radical (unpaired) electrons. The van der Waals surface area contributed by atoms with E-state index in [2.05, 4.69) is 27.1 Å². The molecule has 1 aromatic heterocycles. The van der Waals surface area contributed by atoms with Gasteiger partial charge in [-0.05, 0) is 18.8 Å². The van der Waals surface area contributed by atoms with Crippen molar-refractivity contribution in [1.82, 2.24) is 15.2 Å². The molecule has 0 saturated carbocycles. The first-order chi connectivity index (χ1) is 10.4. The van der Waals surface area contributed by atoms with Crippen LogP contribution in [0, 0.1) is 5.92 Å². The molecule has 0 spiro atoms.